The van der Waals surface area contributed by atoms with Gasteiger partial charge in [0.15, 0.2) is 0 Å². The van der Waals surface area contributed by atoms with Crippen LogP contribution >= 0.6 is 22.6 Å². The van der Waals surface area contributed by atoms with Crippen molar-refractivity contribution < 1.29 is 4.79 Å². The van der Waals surface area contributed by atoms with E-state index in [1.54, 1.807) is 22.6 Å². The summed E-state index contributed by atoms with van der Waals surface area (Å²) in [5, 5.41) is 0. The molecule has 1 aliphatic rings. The summed E-state index contributed by atoms with van der Waals surface area (Å²) in [4.78, 5) is 10.9. The molecular formula is C9H16INO. The summed E-state index contributed by atoms with van der Waals surface area (Å²) in [6, 6.07) is -0.214. The quantitative estimate of drug-likeness (QED) is 0.637. The molecule has 1 fully saturated rings. The zero-order valence-electron chi connectivity index (χ0n) is 7.26. The predicted octanol–water partition coefficient (Wildman–Crippen LogP) is 2.25. The van der Waals surface area contributed by atoms with Crippen LogP contribution in [0.5, 0.6) is 0 Å². The van der Waals surface area contributed by atoms with Crippen molar-refractivity contribution in [1.82, 2.24) is 0 Å². The minimum absolute atomic E-state index is 0.109. The van der Waals surface area contributed by atoms with Gasteiger partial charge in [-0.1, -0.05) is 32.1 Å². The second-order valence-corrected chi connectivity index (χ2v) is 4.71. The molecule has 3 heteroatoms. The lowest BCUT2D eigenvalue weighted by atomic mass is 9.85. The molecule has 1 aliphatic carbocycles. The number of rotatable bonds is 3. The van der Waals surface area contributed by atoms with Gasteiger partial charge in [-0.15, -0.1) is 0 Å². The first-order valence-corrected chi connectivity index (χ1v) is 5.73. The fraction of sp³-hybridized carbons (Fsp3) is 0.889. The molecule has 0 radical (unpaired) electrons. The standard InChI is InChI=1S/C9H16INO/c10-9(12)8(11)6-7-4-2-1-3-5-7/h7-8H,1-6,11H2/t8-/m0/s1. The van der Waals surface area contributed by atoms with Crippen molar-refractivity contribution in [3.05, 3.63) is 0 Å². The van der Waals surface area contributed by atoms with Crippen molar-refractivity contribution in [3.8, 4) is 0 Å². The first kappa shape index (κ1) is 10.4. The molecule has 0 aliphatic heterocycles. The third kappa shape index (κ3) is 3.39. The molecule has 1 atom stereocenters. The SMILES string of the molecule is N[C@@H](CC1CCCCC1)C(=O)I. The maximum absolute atomic E-state index is 10.9. The second-order valence-electron chi connectivity index (χ2n) is 3.65. The number of carbonyl (C=O) groups excluding carboxylic acids is 1. The lowest BCUT2D eigenvalue weighted by Gasteiger charge is -2.22. The number of nitrogens with two attached hydrogens (primary N) is 1. The van der Waals surface area contributed by atoms with Crippen molar-refractivity contribution in [2.45, 2.75) is 44.6 Å². The van der Waals surface area contributed by atoms with Crippen LogP contribution in [0.4, 0.5) is 0 Å². The smallest absolute Gasteiger partial charge is 0.208 e. The Labute approximate surface area is 87.4 Å². The van der Waals surface area contributed by atoms with Gasteiger partial charge >= 0.3 is 0 Å². The van der Waals surface area contributed by atoms with E-state index in [2.05, 4.69) is 0 Å². The Kier molecular flexibility index (Phi) is 4.50. The molecule has 0 aromatic carbocycles. The Bertz CT molecular complexity index is 155. The molecule has 70 valence electrons. The lowest BCUT2D eigenvalue weighted by molar-refractivity contribution is -0.110. The van der Waals surface area contributed by atoms with Crippen LogP contribution in [0.2, 0.25) is 0 Å². The van der Waals surface area contributed by atoms with Gasteiger partial charge in [0.1, 0.15) is 0 Å². The van der Waals surface area contributed by atoms with E-state index in [0.717, 1.165) is 6.42 Å². The zero-order chi connectivity index (χ0) is 8.97. The molecule has 0 heterocycles. The van der Waals surface area contributed by atoms with Gasteiger partial charge in [0.05, 0.1) is 6.04 Å². The average Bonchev–Trinajstić information content (AvgIpc) is 2.06. The van der Waals surface area contributed by atoms with E-state index in [9.17, 15) is 4.79 Å². The Hall–Kier alpha value is 0.360. The number of halogens is 1. The van der Waals surface area contributed by atoms with E-state index in [1.165, 1.54) is 32.1 Å². The van der Waals surface area contributed by atoms with Crippen LogP contribution in [0.15, 0.2) is 0 Å². The molecule has 2 N–H and O–H groups in total. The number of hydrogen-bond donors (Lipinski definition) is 1. The Morgan fingerprint density at radius 2 is 2.00 bits per heavy atom. The van der Waals surface area contributed by atoms with Crippen molar-refractivity contribution in [1.29, 1.82) is 0 Å². The van der Waals surface area contributed by atoms with Crippen molar-refractivity contribution in [2.75, 3.05) is 0 Å². The summed E-state index contributed by atoms with van der Waals surface area (Å²) in [6.07, 6.45) is 7.47. The second kappa shape index (κ2) is 5.17. The van der Waals surface area contributed by atoms with Gasteiger partial charge < -0.3 is 5.73 Å². The third-order valence-electron chi connectivity index (χ3n) is 2.60. The van der Waals surface area contributed by atoms with Gasteiger partial charge in [-0.3, -0.25) is 4.79 Å². The van der Waals surface area contributed by atoms with E-state index < -0.39 is 0 Å². The Balaban J connectivity index is 2.24. The van der Waals surface area contributed by atoms with Gasteiger partial charge in [-0.2, -0.15) is 0 Å². The van der Waals surface area contributed by atoms with E-state index >= 15 is 0 Å². The van der Waals surface area contributed by atoms with Gasteiger partial charge in [-0.25, -0.2) is 0 Å². The Morgan fingerprint density at radius 3 is 2.50 bits per heavy atom. The highest BCUT2D eigenvalue weighted by Gasteiger charge is 2.19. The molecule has 12 heavy (non-hydrogen) atoms. The van der Waals surface area contributed by atoms with Crippen LogP contribution in [0.3, 0.4) is 0 Å². The minimum Gasteiger partial charge on any atom is -0.321 e. The topological polar surface area (TPSA) is 43.1 Å². The molecule has 1 rings (SSSR count). The van der Waals surface area contributed by atoms with Crippen LogP contribution < -0.4 is 5.73 Å². The molecule has 0 saturated heterocycles. The monoisotopic (exact) mass is 281 g/mol. The highest BCUT2D eigenvalue weighted by atomic mass is 127. The highest BCUT2D eigenvalue weighted by molar-refractivity contribution is 14.1. The van der Waals surface area contributed by atoms with Gasteiger partial charge in [0.25, 0.3) is 0 Å². The van der Waals surface area contributed by atoms with Crippen LogP contribution in [-0.4, -0.2) is 9.83 Å². The predicted molar refractivity (Wildman–Crippen MR) is 58.2 cm³/mol. The molecule has 0 bridgehead atoms. The van der Waals surface area contributed by atoms with Crippen LogP contribution in [0.1, 0.15) is 38.5 Å². The summed E-state index contributed by atoms with van der Waals surface area (Å²) in [5.41, 5.74) is 5.69. The van der Waals surface area contributed by atoms with Gasteiger partial charge in [-0.05, 0) is 12.3 Å². The fourth-order valence-electron chi connectivity index (χ4n) is 1.87. The molecular weight excluding hydrogens is 265 g/mol. The summed E-state index contributed by atoms with van der Waals surface area (Å²) in [7, 11) is 0. The number of hydrogen-bond acceptors (Lipinski definition) is 2. The molecule has 0 unspecified atom stereocenters. The molecule has 0 spiro atoms. The summed E-state index contributed by atoms with van der Waals surface area (Å²) in [5.74, 6) is 0.715. The fourth-order valence-corrected chi connectivity index (χ4v) is 2.13. The van der Waals surface area contributed by atoms with Crippen LogP contribution in [0.25, 0.3) is 0 Å². The molecule has 0 amide bonds. The average molecular weight is 281 g/mol. The largest absolute Gasteiger partial charge is 0.321 e. The lowest BCUT2D eigenvalue weighted by Crippen LogP contribution is -2.29. The molecule has 0 aromatic heterocycles. The molecule has 2 nitrogen and oxygen atoms in total. The van der Waals surface area contributed by atoms with E-state index in [1.807, 2.05) is 0 Å². The van der Waals surface area contributed by atoms with Crippen LogP contribution in [-0.2, 0) is 4.79 Å². The van der Waals surface area contributed by atoms with E-state index in [4.69, 9.17) is 5.73 Å². The van der Waals surface area contributed by atoms with Crippen LogP contribution in [0, 0.1) is 5.92 Å². The maximum Gasteiger partial charge on any atom is 0.208 e. The highest BCUT2D eigenvalue weighted by Crippen LogP contribution is 2.27. The van der Waals surface area contributed by atoms with Crippen molar-refractivity contribution in [2.24, 2.45) is 11.7 Å². The van der Waals surface area contributed by atoms with Crippen molar-refractivity contribution in [3.63, 3.8) is 0 Å². The van der Waals surface area contributed by atoms with Gasteiger partial charge in [0, 0.05) is 22.6 Å². The summed E-state index contributed by atoms with van der Waals surface area (Å²) < 4.78 is 0.109. The normalized spacial score (nSPS) is 22.2. The summed E-state index contributed by atoms with van der Waals surface area (Å²) >= 11 is 1.80. The first-order chi connectivity index (χ1) is 5.70. The zero-order valence-corrected chi connectivity index (χ0v) is 9.42. The molecule has 1 saturated carbocycles. The summed E-state index contributed by atoms with van der Waals surface area (Å²) in [6.45, 7) is 0. The minimum atomic E-state index is -0.214. The third-order valence-corrected chi connectivity index (χ3v) is 3.40. The maximum atomic E-state index is 10.9. The van der Waals surface area contributed by atoms with E-state index in [0.29, 0.717) is 5.92 Å². The van der Waals surface area contributed by atoms with E-state index in [-0.39, 0.29) is 9.83 Å². The molecule has 0 aromatic rings. The van der Waals surface area contributed by atoms with Gasteiger partial charge in [0.2, 0.25) is 3.79 Å². The number of carbonyl (C=O) groups is 1. The Morgan fingerprint density at radius 1 is 1.42 bits per heavy atom. The van der Waals surface area contributed by atoms with Crippen molar-refractivity contribution >= 4 is 26.4 Å². The first-order valence-electron chi connectivity index (χ1n) is 4.65.